The van der Waals surface area contributed by atoms with Gasteiger partial charge in [-0.3, -0.25) is 9.59 Å². The van der Waals surface area contributed by atoms with Gasteiger partial charge in [-0.15, -0.1) is 0 Å². The largest absolute Gasteiger partial charge is 0.493 e. The van der Waals surface area contributed by atoms with Crippen molar-refractivity contribution in [2.24, 2.45) is 23.5 Å². The maximum Gasteiger partial charge on any atom is 0.255 e. The summed E-state index contributed by atoms with van der Waals surface area (Å²) in [4.78, 5) is 23.4. The van der Waals surface area contributed by atoms with E-state index in [0.29, 0.717) is 23.0 Å². The van der Waals surface area contributed by atoms with E-state index in [0.717, 1.165) is 11.8 Å². The highest BCUT2D eigenvalue weighted by atomic mass is 16.5. The van der Waals surface area contributed by atoms with E-state index in [2.05, 4.69) is 12.2 Å². The molecule has 2 bridgehead atoms. The molecule has 2 aliphatic rings. The number of benzene rings is 1. The predicted molar refractivity (Wildman–Crippen MR) is 93.5 cm³/mol. The van der Waals surface area contributed by atoms with Crippen LogP contribution < -0.4 is 20.5 Å². The normalized spacial score (nSPS) is 25.4. The van der Waals surface area contributed by atoms with Crippen LogP contribution in [-0.4, -0.2) is 31.6 Å². The summed E-state index contributed by atoms with van der Waals surface area (Å²) in [6, 6.07) is 5.08. The first kappa shape index (κ1) is 17.6. The Bertz CT molecular complexity index is 661. The lowest BCUT2D eigenvalue weighted by Gasteiger charge is -2.28. The second-order valence-corrected chi connectivity index (χ2v) is 7.22. The van der Waals surface area contributed by atoms with Gasteiger partial charge in [0.2, 0.25) is 0 Å². The van der Waals surface area contributed by atoms with E-state index >= 15 is 0 Å². The molecule has 3 rings (SSSR count). The van der Waals surface area contributed by atoms with Gasteiger partial charge in [0, 0.05) is 11.6 Å². The number of nitrogens with one attached hydrogen (secondary N) is 1. The number of ether oxygens (including phenoxy) is 2. The molecule has 1 aromatic rings. The van der Waals surface area contributed by atoms with E-state index in [9.17, 15) is 9.59 Å². The SMILES string of the molecule is COc1cc(C(=O)NC(C)C2CC3CCC2C3)ccc1OCC(N)=O. The zero-order valence-corrected chi connectivity index (χ0v) is 14.8. The fourth-order valence-electron chi connectivity index (χ4n) is 4.38. The average Bonchev–Trinajstić information content (AvgIpc) is 3.22. The van der Waals surface area contributed by atoms with E-state index in [1.165, 1.54) is 32.8 Å². The minimum absolute atomic E-state index is 0.116. The van der Waals surface area contributed by atoms with Crippen molar-refractivity contribution in [3.8, 4) is 11.5 Å². The van der Waals surface area contributed by atoms with Crippen LogP contribution in [0.15, 0.2) is 18.2 Å². The van der Waals surface area contributed by atoms with Gasteiger partial charge in [-0.25, -0.2) is 0 Å². The summed E-state index contributed by atoms with van der Waals surface area (Å²) in [7, 11) is 1.49. The molecule has 4 atom stereocenters. The molecule has 2 fully saturated rings. The van der Waals surface area contributed by atoms with Gasteiger partial charge in [-0.05, 0) is 62.1 Å². The van der Waals surface area contributed by atoms with E-state index in [1.54, 1.807) is 18.2 Å². The van der Waals surface area contributed by atoms with Crippen LogP contribution in [0, 0.1) is 17.8 Å². The second kappa shape index (κ2) is 7.33. The van der Waals surface area contributed by atoms with Crippen molar-refractivity contribution in [3.05, 3.63) is 23.8 Å². The number of amides is 2. The minimum Gasteiger partial charge on any atom is -0.493 e. The van der Waals surface area contributed by atoms with Gasteiger partial charge in [0.1, 0.15) is 0 Å². The van der Waals surface area contributed by atoms with Gasteiger partial charge in [0.05, 0.1) is 7.11 Å². The molecular weight excluding hydrogens is 320 g/mol. The van der Waals surface area contributed by atoms with E-state index in [4.69, 9.17) is 15.2 Å². The number of carbonyl (C=O) groups is 2. The van der Waals surface area contributed by atoms with E-state index in [1.807, 2.05) is 0 Å². The molecule has 0 spiro atoms. The van der Waals surface area contributed by atoms with Crippen LogP contribution in [0.4, 0.5) is 0 Å². The molecule has 25 heavy (non-hydrogen) atoms. The molecule has 4 unspecified atom stereocenters. The van der Waals surface area contributed by atoms with Crippen molar-refractivity contribution in [3.63, 3.8) is 0 Å². The lowest BCUT2D eigenvalue weighted by atomic mass is 9.84. The summed E-state index contributed by atoms with van der Waals surface area (Å²) in [5.41, 5.74) is 5.59. The van der Waals surface area contributed by atoms with Gasteiger partial charge in [-0.1, -0.05) is 6.42 Å². The Morgan fingerprint density at radius 2 is 2.08 bits per heavy atom. The van der Waals surface area contributed by atoms with Crippen LogP contribution in [0.3, 0.4) is 0 Å². The molecule has 136 valence electrons. The summed E-state index contributed by atoms with van der Waals surface area (Å²) >= 11 is 0. The summed E-state index contributed by atoms with van der Waals surface area (Å²) in [6.07, 6.45) is 5.21. The zero-order chi connectivity index (χ0) is 18.0. The van der Waals surface area contributed by atoms with Gasteiger partial charge < -0.3 is 20.5 Å². The van der Waals surface area contributed by atoms with Gasteiger partial charge in [-0.2, -0.15) is 0 Å². The minimum atomic E-state index is -0.566. The Morgan fingerprint density at radius 3 is 2.68 bits per heavy atom. The van der Waals surface area contributed by atoms with Crippen LogP contribution in [-0.2, 0) is 4.79 Å². The molecular formula is C19H26N2O4. The predicted octanol–water partition coefficient (Wildman–Crippen LogP) is 2.11. The Labute approximate surface area is 148 Å². The topological polar surface area (TPSA) is 90.7 Å². The van der Waals surface area contributed by atoms with Crippen LogP contribution in [0.5, 0.6) is 11.5 Å². The number of rotatable bonds is 7. The number of hydrogen-bond acceptors (Lipinski definition) is 4. The molecule has 0 radical (unpaired) electrons. The Balaban J connectivity index is 1.64. The highest BCUT2D eigenvalue weighted by Gasteiger charge is 2.42. The second-order valence-electron chi connectivity index (χ2n) is 7.22. The molecule has 2 amide bonds. The summed E-state index contributed by atoms with van der Waals surface area (Å²) in [5.74, 6) is 2.32. The molecule has 6 nitrogen and oxygen atoms in total. The number of hydrogen-bond donors (Lipinski definition) is 2. The molecule has 0 heterocycles. The summed E-state index contributed by atoms with van der Waals surface area (Å²) in [6.45, 7) is 1.87. The molecule has 2 aliphatic carbocycles. The first-order chi connectivity index (χ1) is 12.0. The summed E-state index contributed by atoms with van der Waals surface area (Å²) < 4.78 is 10.5. The molecule has 0 aromatic heterocycles. The standard InChI is InChI=1S/C19H26N2O4/c1-11(15-8-12-3-4-13(15)7-12)21-19(23)14-5-6-16(17(9-14)24-2)25-10-18(20)22/h5-6,9,11-13,15H,3-4,7-8,10H2,1-2H3,(H2,20,22)(H,21,23). The molecule has 1 aromatic carbocycles. The fraction of sp³-hybridized carbons (Fsp3) is 0.579. The third kappa shape index (κ3) is 3.89. The summed E-state index contributed by atoms with van der Waals surface area (Å²) in [5, 5.41) is 3.13. The van der Waals surface area contributed by atoms with Crippen LogP contribution in [0.1, 0.15) is 43.0 Å². The van der Waals surface area contributed by atoms with Crippen LogP contribution >= 0.6 is 0 Å². The third-order valence-electron chi connectivity index (χ3n) is 5.59. The molecule has 0 aliphatic heterocycles. The molecule has 0 saturated heterocycles. The van der Waals surface area contributed by atoms with Crippen LogP contribution in [0.2, 0.25) is 0 Å². The Kier molecular flexibility index (Phi) is 5.16. The smallest absolute Gasteiger partial charge is 0.255 e. The first-order valence-electron chi connectivity index (χ1n) is 8.88. The quantitative estimate of drug-likeness (QED) is 0.791. The van der Waals surface area contributed by atoms with Crippen molar-refractivity contribution >= 4 is 11.8 Å². The number of methoxy groups -OCH3 is 1. The first-order valence-corrected chi connectivity index (χ1v) is 8.88. The monoisotopic (exact) mass is 346 g/mol. The van der Waals surface area contributed by atoms with E-state index < -0.39 is 5.91 Å². The lowest BCUT2D eigenvalue weighted by molar-refractivity contribution is -0.119. The van der Waals surface area contributed by atoms with Crippen molar-refractivity contribution in [1.29, 1.82) is 0 Å². The number of fused-ring (bicyclic) bond motifs is 2. The molecule has 3 N–H and O–H groups in total. The van der Waals surface area contributed by atoms with Crippen molar-refractivity contribution < 1.29 is 19.1 Å². The van der Waals surface area contributed by atoms with Crippen molar-refractivity contribution in [1.82, 2.24) is 5.32 Å². The zero-order valence-electron chi connectivity index (χ0n) is 14.8. The number of primary amides is 1. The third-order valence-corrected chi connectivity index (χ3v) is 5.59. The van der Waals surface area contributed by atoms with Crippen LogP contribution in [0.25, 0.3) is 0 Å². The molecule has 2 saturated carbocycles. The van der Waals surface area contributed by atoms with Gasteiger partial charge >= 0.3 is 0 Å². The lowest BCUT2D eigenvalue weighted by Crippen LogP contribution is -2.40. The number of carbonyl (C=O) groups excluding carboxylic acids is 2. The van der Waals surface area contributed by atoms with Gasteiger partial charge in [0.15, 0.2) is 18.1 Å². The number of nitrogens with two attached hydrogens (primary N) is 1. The van der Waals surface area contributed by atoms with Crippen molar-refractivity contribution in [2.75, 3.05) is 13.7 Å². The maximum absolute atomic E-state index is 12.6. The van der Waals surface area contributed by atoms with Crippen molar-refractivity contribution in [2.45, 2.75) is 38.6 Å². The van der Waals surface area contributed by atoms with Gasteiger partial charge in [0.25, 0.3) is 11.8 Å². The average molecular weight is 346 g/mol. The Hall–Kier alpha value is -2.24. The van der Waals surface area contributed by atoms with E-state index in [-0.39, 0.29) is 18.6 Å². The maximum atomic E-state index is 12.6. The highest BCUT2D eigenvalue weighted by molar-refractivity contribution is 5.95. The molecule has 6 heteroatoms. The highest BCUT2D eigenvalue weighted by Crippen LogP contribution is 2.49. The Morgan fingerprint density at radius 1 is 1.28 bits per heavy atom. The fourth-order valence-corrected chi connectivity index (χ4v) is 4.38.